The number of alkyl carbamates (subject to hydrolysis) is 1. The van der Waals surface area contributed by atoms with E-state index in [0.717, 1.165) is 6.42 Å². The molecular formula is C11H23NO4. The maximum atomic E-state index is 11.4. The monoisotopic (exact) mass is 233 g/mol. The molecule has 0 bridgehead atoms. The highest BCUT2D eigenvalue weighted by atomic mass is 16.6. The maximum Gasteiger partial charge on any atom is 0.408 e. The minimum absolute atomic E-state index is 0.305. The van der Waals surface area contributed by atoms with Gasteiger partial charge in [-0.2, -0.15) is 0 Å². The molecule has 0 aliphatic heterocycles. The zero-order valence-electron chi connectivity index (χ0n) is 10.5. The summed E-state index contributed by atoms with van der Waals surface area (Å²) in [6.07, 6.45) is -0.0569. The second kappa shape index (κ2) is 6.70. The minimum atomic E-state index is -0.748. The van der Waals surface area contributed by atoms with Gasteiger partial charge in [-0.3, -0.25) is 0 Å². The summed E-state index contributed by atoms with van der Waals surface area (Å²) in [7, 11) is 0. The van der Waals surface area contributed by atoms with Crippen LogP contribution in [-0.2, 0) is 4.74 Å². The third-order valence-electron chi connectivity index (χ3n) is 1.95. The molecule has 0 rings (SSSR count). The number of aliphatic hydroxyl groups is 2. The Morgan fingerprint density at radius 2 is 2.00 bits per heavy atom. The number of ether oxygens (including phenoxy) is 1. The van der Waals surface area contributed by atoms with Crippen LogP contribution in [0.5, 0.6) is 0 Å². The van der Waals surface area contributed by atoms with Crippen molar-refractivity contribution in [2.75, 3.05) is 6.61 Å². The van der Waals surface area contributed by atoms with Crippen LogP contribution in [0.25, 0.3) is 0 Å². The van der Waals surface area contributed by atoms with Crippen LogP contribution in [-0.4, -0.2) is 40.7 Å². The van der Waals surface area contributed by atoms with Gasteiger partial charge in [0, 0.05) is 0 Å². The van der Waals surface area contributed by atoms with E-state index in [2.05, 4.69) is 5.32 Å². The Morgan fingerprint density at radius 3 is 2.38 bits per heavy atom. The minimum Gasteiger partial charge on any atom is -0.444 e. The first-order chi connectivity index (χ1) is 7.30. The first kappa shape index (κ1) is 15.2. The first-order valence-electron chi connectivity index (χ1n) is 5.58. The fourth-order valence-electron chi connectivity index (χ4n) is 1.22. The summed E-state index contributed by atoms with van der Waals surface area (Å²) in [6.45, 7) is 6.88. The van der Waals surface area contributed by atoms with Crippen LogP contribution in [0.2, 0.25) is 0 Å². The molecule has 1 amide bonds. The van der Waals surface area contributed by atoms with Gasteiger partial charge in [-0.15, -0.1) is 0 Å². The SMILES string of the molecule is CCCC(O)C(CO)NC(=O)OC(C)(C)C. The summed E-state index contributed by atoms with van der Waals surface area (Å²) in [5.74, 6) is 0. The van der Waals surface area contributed by atoms with Crippen molar-refractivity contribution in [3.8, 4) is 0 Å². The van der Waals surface area contributed by atoms with E-state index in [1.165, 1.54) is 0 Å². The van der Waals surface area contributed by atoms with Gasteiger partial charge in [0.15, 0.2) is 0 Å². The molecule has 0 radical (unpaired) electrons. The maximum absolute atomic E-state index is 11.4. The Bertz CT molecular complexity index is 213. The van der Waals surface area contributed by atoms with E-state index < -0.39 is 23.8 Å². The van der Waals surface area contributed by atoms with Crippen molar-refractivity contribution < 1.29 is 19.7 Å². The van der Waals surface area contributed by atoms with Gasteiger partial charge >= 0.3 is 6.09 Å². The molecule has 3 N–H and O–H groups in total. The van der Waals surface area contributed by atoms with Crippen LogP contribution in [0.15, 0.2) is 0 Å². The van der Waals surface area contributed by atoms with Gasteiger partial charge in [0.1, 0.15) is 5.60 Å². The van der Waals surface area contributed by atoms with E-state index in [1.807, 2.05) is 6.92 Å². The fourth-order valence-corrected chi connectivity index (χ4v) is 1.22. The average Bonchev–Trinajstić information content (AvgIpc) is 2.11. The largest absolute Gasteiger partial charge is 0.444 e. The molecule has 2 unspecified atom stereocenters. The van der Waals surface area contributed by atoms with Gasteiger partial charge < -0.3 is 20.3 Å². The van der Waals surface area contributed by atoms with Crippen LogP contribution < -0.4 is 5.32 Å². The van der Waals surface area contributed by atoms with Crippen LogP contribution in [0.1, 0.15) is 40.5 Å². The van der Waals surface area contributed by atoms with Gasteiger partial charge in [0.2, 0.25) is 0 Å². The standard InChI is InChI=1S/C11H23NO4/c1-5-6-9(14)8(7-13)12-10(15)16-11(2,3)4/h8-9,13-14H,5-7H2,1-4H3,(H,12,15). The van der Waals surface area contributed by atoms with Crippen molar-refractivity contribution in [3.63, 3.8) is 0 Å². The Labute approximate surface area is 96.8 Å². The van der Waals surface area contributed by atoms with E-state index in [1.54, 1.807) is 20.8 Å². The van der Waals surface area contributed by atoms with Gasteiger partial charge in [0.25, 0.3) is 0 Å². The van der Waals surface area contributed by atoms with Gasteiger partial charge in [-0.1, -0.05) is 13.3 Å². The second-order valence-corrected chi connectivity index (χ2v) is 4.79. The Balaban J connectivity index is 4.16. The first-order valence-corrected chi connectivity index (χ1v) is 5.58. The Kier molecular flexibility index (Phi) is 6.36. The van der Waals surface area contributed by atoms with Crippen molar-refractivity contribution in [3.05, 3.63) is 0 Å². The van der Waals surface area contributed by atoms with E-state index >= 15 is 0 Å². The number of rotatable bonds is 5. The highest BCUT2D eigenvalue weighted by Crippen LogP contribution is 2.08. The molecule has 0 aromatic rings. The number of hydrogen-bond acceptors (Lipinski definition) is 4. The Hall–Kier alpha value is -0.810. The second-order valence-electron chi connectivity index (χ2n) is 4.79. The van der Waals surface area contributed by atoms with E-state index in [-0.39, 0.29) is 6.61 Å². The summed E-state index contributed by atoms with van der Waals surface area (Å²) in [5, 5.41) is 21.1. The number of carbonyl (C=O) groups excluding carboxylic acids is 1. The molecule has 5 heteroatoms. The summed E-state index contributed by atoms with van der Waals surface area (Å²) in [5.41, 5.74) is -0.584. The molecule has 0 spiro atoms. The number of nitrogens with one attached hydrogen (secondary N) is 1. The zero-order valence-corrected chi connectivity index (χ0v) is 10.5. The average molecular weight is 233 g/mol. The molecule has 5 nitrogen and oxygen atoms in total. The third kappa shape index (κ3) is 6.63. The highest BCUT2D eigenvalue weighted by molar-refractivity contribution is 5.68. The normalized spacial score (nSPS) is 15.4. The molecule has 96 valence electrons. The van der Waals surface area contributed by atoms with Gasteiger partial charge in [-0.05, 0) is 27.2 Å². The summed E-state index contributed by atoms with van der Waals surface area (Å²) in [6, 6.07) is -0.671. The number of carbonyl (C=O) groups is 1. The third-order valence-corrected chi connectivity index (χ3v) is 1.95. The predicted octanol–water partition coefficient (Wildman–Crippen LogP) is 1.03. The van der Waals surface area contributed by atoms with Crippen LogP contribution in [0.3, 0.4) is 0 Å². The Morgan fingerprint density at radius 1 is 1.44 bits per heavy atom. The fraction of sp³-hybridized carbons (Fsp3) is 0.909. The predicted molar refractivity (Wildman–Crippen MR) is 61.2 cm³/mol. The van der Waals surface area contributed by atoms with Gasteiger partial charge in [-0.25, -0.2) is 4.79 Å². The van der Waals surface area contributed by atoms with Gasteiger partial charge in [0.05, 0.1) is 18.8 Å². The molecule has 0 heterocycles. The van der Waals surface area contributed by atoms with Crippen molar-refractivity contribution >= 4 is 6.09 Å². The lowest BCUT2D eigenvalue weighted by atomic mass is 10.1. The molecule has 0 aromatic carbocycles. The number of hydrogen-bond donors (Lipinski definition) is 3. The van der Waals surface area contributed by atoms with Crippen molar-refractivity contribution in [2.24, 2.45) is 0 Å². The summed E-state index contributed by atoms with van der Waals surface area (Å²) >= 11 is 0. The van der Waals surface area contributed by atoms with Crippen molar-refractivity contribution in [1.29, 1.82) is 0 Å². The lowest BCUT2D eigenvalue weighted by molar-refractivity contribution is 0.0337. The summed E-state index contributed by atoms with van der Waals surface area (Å²) < 4.78 is 5.03. The van der Waals surface area contributed by atoms with Crippen LogP contribution in [0.4, 0.5) is 4.79 Å². The molecule has 0 aliphatic carbocycles. The molecule has 0 saturated heterocycles. The number of amides is 1. The molecule has 0 fully saturated rings. The van der Waals surface area contributed by atoms with E-state index in [4.69, 9.17) is 9.84 Å². The van der Waals surface area contributed by atoms with Crippen LogP contribution in [0, 0.1) is 0 Å². The molecule has 16 heavy (non-hydrogen) atoms. The van der Waals surface area contributed by atoms with E-state index in [9.17, 15) is 9.90 Å². The molecular weight excluding hydrogens is 210 g/mol. The molecule has 0 aromatic heterocycles. The summed E-state index contributed by atoms with van der Waals surface area (Å²) in [4.78, 5) is 11.4. The lowest BCUT2D eigenvalue weighted by Crippen LogP contribution is -2.47. The van der Waals surface area contributed by atoms with Crippen LogP contribution >= 0.6 is 0 Å². The lowest BCUT2D eigenvalue weighted by Gasteiger charge is -2.25. The van der Waals surface area contributed by atoms with Crippen molar-refractivity contribution in [1.82, 2.24) is 5.32 Å². The topological polar surface area (TPSA) is 78.8 Å². The van der Waals surface area contributed by atoms with E-state index in [0.29, 0.717) is 6.42 Å². The molecule has 0 aliphatic rings. The smallest absolute Gasteiger partial charge is 0.408 e. The van der Waals surface area contributed by atoms with Crippen molar-refractivity contribution in [2.45, 2.75) is 58.3 Å². The zero-order chi connectivity index (χ0) is 12.8. The number of aliphatic hydroxyl groups excluding tert-OH is 2. The molecule has 0 saturated carbocycles. The highest BCUT2D eigenvalue weighted by Gasteiger charge is 2.23. The quantitative estimate of drug-likeness (QED) is 0.662. The molecule has 2 atom stereocenters.